The van der Waals surface area contributed by atoms with Gasteiger partial charge in [-0.25, -0.2) is 4.57 Å². The number of nitrogens with zero attached hydrogens (tertiary/aromatic N) is 1. The number of quaternary nitrogens is 1. The summed E-state index contributed by atoms with van der Waals surface area (Å²) in [5, 5.41) is 0. The minimum Gasteiger partial charge on any atom is -0.462 e. The zero-order chi connectivity index (χ0) is 62.6. The van der Waals surface area contributed by atoms with Crippen molar-refractivity contribution in [2.24, 2.45) is 0 Å². The van der Waals surface area contributed by atoms with E-state index in [2.05, 4.69) is 160 Å². The Morgan fingerprint density at radius 1 is 0.372 bits per heavy atom. The molecule has 1 N–H and O–H groups in total. The molecule has 0 amide bonds. The van der Waals surface area contributed by atoms with Gasteiger partial charge in [-0.05, 0) is 122 Å². The third-order valence-corrected chi connectivity index (χ3v) is 15.3. The second kappa shape index (κ2) is 65.3. The van der Waals surface area contributed by atoms with Crippen LogP contribution in [-0.2, 0) is 32.7 Å². The largest absolute Gasteiger partial charge is 0.472 e. The van der Waals surface area contributed by atoms with E-state index in [1.807, 2.05) is 21.1 Å². The highest BCUT2D eigenvalue weighted by Gasteiger charge is 2.27. The van der Waals surface area contributed by atoms with Gasteiger partial charge in [-0.3, -0.25) is 18.6 Å². The van der Waals surface area contributed by atoms with E-state index in [0.717, 1.165) is 116 Å². The lowest BCUT2D eigenvalue weighted by molar-refractivity contribution is -0.870. The Bertz CT molecular complexity index is 1960. The summed E-state index contributed by atoms with van der Waals surface area (Å²) in [4.78, 5) is 35.9. The van der Waals surface area contributed by atoms with E-state index in [9.17, 15) is 19.0 Å². The molecule has 0 aliphatic carbocycles. The Kier molecular flexibility index (Phi) is 62.2. The Morgan fingerprint density at radius 3 is 0.988 bits per heavy atom. The molecular formula is C76H129NO8P+. The normalized spacial score (nSPS) is 14.1. The van der Waals surface area contributed by atoms with Gasteiger partial charge in [0.1, 0.15) is 19.8 Å². The second-order valence-corrected chi connectivity index (χ2v) is 25.3. The van der Waals surface area contributed by atoms with Gasteiger partial charge in [0.2, 0.25) is 0 Å². The van der Waals surface area contributed by atoms with Crippen LogP contribution in [0.1, 0.15) is 271 Å². The molecule has 0 aromatic carbocycles. The summed E-state index contributed by atoms with van der Waals surface area (Å²) in [6.07, 6.45) is 96.6. The summed E-state index contributed by atoms with van der Waals surface area (Å²) in [6, 6.07) is 0. The first-order chi connectivity index (χ1) is 42.0. The fourth-order valence-corrected chi connectivity index (χ4v) is 9.82. The van der Waals surface area contributed by atoms with Crippen molar-refractivity contribution in [3.63, 3.8) is 0 Å². The predicted octanol–water partition coefficient (Wildman–Crippen LogP) is 22.6. The molecule has 2 unspecified atom stereocenters. The lowest BCUT2D eigenvalue weighted by Crippen LogP contribution is -2.37. The van der Waals surface area contributed by atoms with Crippen molar-refractivity contribution in [1.29, 1.82) is 0 Å². The molecule has 0 saturated carbocycles. The number of phosphoric acid groups is 1. The third-order valence-electron chi connectivity index (χ3n) is 14.4. The van der Waals surface area contributed by atoms with Crippen LogP contribution in [0.25, 0.3) is 0 Å². The number of esters is 2. The Hall–Kier alpha value is -4.11. The molecule has 0 heterocycles. The molecule has 0 bridgehead atoms. The van der Waals surface area contributed by atoms with Crippen LogP contribution in [0.2, 0.25) is 0 Å². The number of rotatable bonds is 62. The molecule has 86 heavy (non-hydrogen) atoms. The van der Waals surface area contributed by atoms with E-state index >= 15 is 0 Å². The fourth-order valence-electron chi connectivity index (χ4n) is 9.07. The van der Waals surface area contributed by atoms with Crippen LogP contribution in [0.15, 0.2) is 146 Å². The van der Waals surface area contributed by atoms with Crippen LogP contribution < -0.4 is 0 Å². The summed E-state index contributed by atoms with van der Waals surface area (Å²) < 4.78 is 34.7. The predicted molar refractivity (Wildman–Crippen MR) is 371 cm³/mol. The molecule has 490 valence electrons. The van der Waals surface area contributed by atoms with Gasteiger partial charge in [0.25, 0.3) is 0 Å². The quantitative estimate of drug-likeness (QED) is 0.0211. The Morgan fingerprint density at radius 2 is 0.663 bits per heavy atom. The number of carbonyl (C=O) groups is 2. The van der Waals surface area contributed by atoms with Crippen molar-refractivity contribution < 1.29 is 42.1 Å². The van der Waals surface area contributed by atoms with Crippen molar-refractivity contribution in [2.75, 3.05) is 47.5 Å². The first-order valence-corrected chi connectivity index (χ1v) is 36.1. The molecule has 2 atom stereocenters. The smallest absolute Gasteiger partial charge is 0.462 e. The van der Waals surface area contributed by atoms with Crippen LogP contribution >= 0.6 is 7.82 Å². The molecular weight excluding hydrogens is 1090 g/mol. The van der Waals surface area contributed by atoms with Crippen molar-refractivity contribution in [1.82, 2.24) is 0 Å². The number of ether oxygens (including phenoxy) is 2. The number of allylic oxidation sites excluding steroid dienone is 24. The van der Waals surface area contributed by atoms with E-state index in [1.165, 1.54) is 122 Å². The van der Waals surface area contributed by atoms with Gasteiger partial charge in [0.05, 0.1) is 27.7 Å². The van der Waals surface area contributed by atoms with E-state index < -0.39 is 26.5 Å². The molecule has 0 aromatic heterocycles. The molecule has 0 rings (SSSR count). The maximum Gasteiger partial charge on any atom is 0.472 e. The Balaban J connectivity index is 4.18. The van der Waals surface area contributed by atoms with E-state index in [0.29, 0.717) is 17.4 Å². The summed E-state index contributed by atoms with van der Waals surface area (Å²) in [5.41, 5.74) is 0. The molecule has 0 aliphatic rings. The molecule has 0 fully saturated rings. The van der Waals surface area contributed by atoms with Crippen molar-refractivity contribution in [3.05, 3.63) is 146 Å². The second-order valence-electron chi connectivity index (χ2n) is 23.8. The highest BCUT2D eigenvalue weighted by Crippen LogP contribution is 2.43. The van der Waals surface area contributed by atoms with Crippen molar-refractivity contribution >= 4 is 19.8 Å². The standard InChI is InChI=1S/C76H128NO8P/c1-6-8-10-12-14-16-18-20-22-24-26-28-30-32-34-35-36-37-38-39-40-41-43-45-47-49-51-53-55-57-59-61-63-65-67-69-76(79)85-74(73-84-86(80,81)83-71-70-77(3,4)5)72-82-75(78)68-66-64-62-60-58-56-54-52-50-48-46-44-42-33-31-29-27-25-23-21-19-17-15-13-11-9-7-2/h8,10,14,16,19-22,25-28,32,34,36-37,39-40,43,45,49,51,55,57,74H,6-7,9,11-13,15,17-18,23-24,29-31,33,35,38,41-42,44,46-48,50,52-54,56,58-73H2,1-5H3/p+1/b10-8-,16-14-,21-19-,22-20-,27-25-,28-26-,34-32-,37-36-,40-39-,45-43-,51-49-,57-55-. The summed E-state index contributed by atoms with van der Waals surface area (Å²) in [7, 11) is 1.44. The minimum atomic E-state index is -4.41. The average molecular weight is 1220 g/mol. The molecule has 0 saturated heterocycles. The lowest BCUT2D eigenvalue weighted by Gasteiger charge is -2.24. The van der Waals surface area contributed by atoms with Gasteiger partial charge in [0.15, 0.2) is 6.10 Å². The highest BCUT2D eigenvalue weighted by atomic mass is 31.2. The van der Waals surface area contributed by atoms with Gasteiger partial charge in [-0.2, -0.15) is 0 Å². The van der Waals surface area contributed by atoms with Gasteiger partial charge in [0, 0.05) is 12.8 Å². The SMILES string of the molecule is CC/C=C\C/C=C\C/C=C\C/C=C\C/C=C\C/C=C\C/C=C\C/C=C\C/C=C\C/C=C\CCCCCCC(=O)OC(COC(=O)CCCCCCCCCCCCCCCCC/C=C\C/C=C\CCCCCCC)COP(=O)(O)OCC[N+](C)(C)C. The topological polar surface area (TPSA) is 108 Å². The van der Waals surface area contributed by atoms with Crippen LogP contribution in [0.5, 0.6) is 0 Å². The van der Waals surface area contributed by atoms with E-state index in [4.69, 9.17) is 18.5 Å². The number of unbranched alkanes of at least 4 members (excludes halogenated alkanes) is 24. The van der Waals surface area contributed by atoms with Crippen LogP contribution in [0.4, 0.5) is 0 Å². The van der Waals surface area contributed by atoms with Crippen molar-refractivity contribution in [3.8, 4) is 0 Å². The zero-order valence-corrected chi connectivity index (χ0v) is 56.6. The first kappa shape index (κ1) is 81.9. The zero-order valence-electron chi connectivity index (χ0n) is 55.7. The van der Waals surface area contributed by atoms with Gasteiger partial charge in [-0.1, -0.05) is 282 Å². The van der Waals surface area contributed by atoms with Crippen LogP contribution in [-0.4, -0.2) is 74.9 Å². The molecule has 0 aromatic rings. The third kappa shape index (κ3) is 69.0. The number of hydrogen-bond acceptors (Lipinski definition) is 7. The maximum absolute atomic E-state index is 12.9. The van der Waals surface area contributed by atoms with Gasteiger partial charge < -0.3 is 18.9 Å². The average Bonchev–Trinajstić information content (AvgIpc) is 3.56. The monoisotopic (exact) mass is 1210 g/mol. The van der Waals surface area contributed by atoms with Crippen LogP contribution in [0, 0.1) is 0 Å². The van der Waals surface area contributed by atoms with Crippen molar-refractivity contribution in [2.45, 2.75) is 277 Å². The summed E-state index contributed by atoms with van der Waals surface area (Å²) in [5.74, 6) is -0.831. The number of phosphoric ester groups is 1. The highest BCUT2D eigenvalue weighted by molar-refractivity contribution is 7.47. The molecule has 10 heteroatoms. The number of likely N-dealkylation sites (N-methyl/N-ethyl adjacent to an activating group) is 1. The van der Waals surface area contributed by atoms with Crippen LogP contribution in [0.3, 0.4) is 0 Å². The van der Waals surface area contributed by atoms with E-state index in [1.54, 1.807) is 0 Å². The lowest BCUT2D eigenvalue weighted by atomic mass is 10.0. The Labute approximate surface area is 529 Å². The van der Waals surface area contributed by atoms with Gasteiger partial charge in [-0.15, -0.1) is 0 Å². The fraction of sp³-hybridized carbons (Fsp3) is 0.658. The minimum absolute atomic E-state index is 0.0192. The summed E-state index contributed by atoms with van der Waals surface area (Å²) >= 11 is 0. The molecule has 9 nitrogen and oxygen atoms in total. The number of hydrogen-bond donors (Lipinski definition) is 1. The maximum atomic E-state index is 12.9. The van der Waals surface area contributed by atoms with Gasteiger partial charge >= 0.3 is 19.8 Å². The summed E-state index contributed by atoms with van der Waals surface area (Å²) in [6.45, 7) is 4.28. The first-order valence-electron chi connectivity index (χ1n) is 34.6. The molecule has 0 radical (unpaired) electrons. The molecule has 0 spiro atoms. The van der Waals surface area contributed by atoms with E-state index in [-0.39, 0.29) is 32.0 Å². The molecule has 0 aliphatic heterocycles. The number of carbonyl (C=O) groups excluding carboxylic acids is 2.